The first-order valence-electron chi connectivity index (χ1n) is 4.42. The van der Waals surface area contributed by atoms with Gasteiger partial charge in [0.05, 0.1) is 0 Å². The Balaban J connectivity index is 4.22. The van der Waals surface area contributed by atoms with E-state index in [1.54, 1.807) is 0 Å². The highest BCUT2D eigenvalue weighted by atomic mass is 16.4. The standard InChI is InChI=1S/C9H13NO5/c1-6(11)10(7(2)12)8(13)4-3-5-9(14)15/h3-5H2,1-2H3,(H,14,15). The predicted octanol–water partition coefficient (Wildman–Crippen LogP) is 0.163. The quantitative estimate of drug-likeness (QED) is 0.721. The second-order valence-corrected chi connectivity index (χ2v) is 3.01. The van der Waals surface area contributed by atoms with Crippen molar-refractivity contribution in [2.75, 3.05) is 0 Å². The largest absolute Gasteiger partial charge is 0.481 e. The Morgan fingerprint density at radius 1 is 1.00 bits per heavy atom. The van der Waals surface area contributed by atoms with Crippen LogP contribution in [0.5, 0.6) is 0 Å². The highest BCUT2D eigenvalue weighted by Gasteiger charge is 2.21. The molecule has 6 nitrogen and oxygen atoms in total. The van der Waals surface area contributed by atoms with E-state index >= 15 is 0 Å². The number of carbonyl (C=O) groups is 4. The molecule has 0 aliphatic rings. The monoisotopic (exact) mass is 215 g/mol. The summed E-state index contributed by atoms with van der Waals surface area (Å²) in [4.78, 5) is 43.8. The normalized spacial score (nSPS) is 9.47. The maximum Gasteiger partial charge on any atom is 0.303 e. The van der Waals surface area contributed by atoms with Gasteiger partial charge in [0.2, 0.25) is 17.7 Å². The first-order chi connectivity index (χ1) is 6.86. The van der Waals surface area contributed by atoms with Crippen molar-refractivity contribution in [1.82, 2.24) is 4.90 Å². The van der Waals surface area contributed by atoms with Gasteiger partial charge in [-0.2, -0.15) is 0 Å². The Kier molecular flexibility index (Phi) is 5.22. The van der Waals surface area contributed by atoms with Crippen LogP contribution in [0.4, 0.5) is 0 Å². The summed E-state index contributed by atoms with van der Waals surface area (Å²) in [6.07, 6.45) is -0.161. The Labute approximate surface area is 86.9 Å². The molecule has 0 atom stereocenters. The van der Waals surface area contributed by atoms with E-state index in [-0.39, 0.29) is 19.3 Å². The van der Waals surface area contributed by atoms with Crippen molar-refractivity contribution in [2.24, 2.45) is 0 Å². The average Bonchev–Trinajstić information content (AvgIpc) is 2.01. The Morgan fingerprint density at radius 2 is 1.47 bits per heavy atom. The minimum absolute atomic E-state index is 0.116. The zero-order chi connectivity index (χ0) is 12.0. The Morgan fingerprint density at radius 3 is 1.80 bits per heavy atom. The molecule has 0 unspecified atom stereocenters. The van der Waals surface area contributed by atoms with Crippen molar-refractivity contribution in [1.29, 1.82) is 0 Å². The molecule has 1 N–H and O–H groups in total. The third-order valence-corrected chi connectivity index (χ3v) is 1.66. The fraction of sp³-hybridized carbons (Fsp3) is 0.556. The molecule has 0 heterocycles. The number of nitrogens with zero attached hydrogens (tertiary/aromatic N) is 1. The molecule has 0 saturated carbocycles. The van der Waals surface area contributed by atoms with Gasteiger partial charge in [-0.3, -0.25) is 19.2 Å². The molecule has 0 aromatic heterocycles. The second kappa shape index (κ2) is 5.90. The minimum atomic E-state index is -1.01. The third-order valence-electron chi connectivity index (χ3n) is 1.66. The number of hydrogen-bond acceptors (Lipinski definition) is 4. The molecule has 0 aromatic carbocycles. The molecule has 0 aliphatic carbocycles. The maximum absolute atomic E-state index is 11.3. The summed E-state index contributed by atoms with van der Waals surface area (Å²) in [7, 11) is 0. The van der Waals surface area contributed by atoms with Gasteiger partial charge < -0.3 is 5.11 Å². The van der Waals surface area contributed by atoms with Gasteiger partial charge >= 0.3 is 5.97 Å². The van der Waals surface area contributed by atoms with Gasteiger partial charge in [0.1, 0.15) is 0 Å². The van der Waals surface area contributed by atoms with Crippen molar-refractivity contribution in [3.63, 3.8) is 0 Å². The lowest BCUT2D eigenvalue weighted by Gasteiger charge is -2.14. The topological polar surface area (TPSA) is 91.8 Å². The van der Waals surface area contributed by atoms with Crippen LogP contribution >= 0.6 is 0 Å². The van der Waals surface area contributed by atoms with Crippen molar-refractivity contribution in [3.8, 4) is 0 Å². The van der Waals surface area contributed by atoms with Crippen LogP contribution in [0, 0.1) is 0 Å². The number of rotatable bonds is 4. The van der Waals surface area contributed by atoms with Crippen LogP contribution in [0.15, 0.2) is 0 Å². The summed E-state index contributed by atoms with van der Waals surface area (Å²) < 4.78 is 0. The van der Waals surface area contributed by atoms with E-state index in [0.717, 1.165) is 13.8 Å². The summed E-state index contributed by atoms with van der Waals surface area (Å²) >= 11 is 0. The zero-order valence-corrected chi connectivity index (χ0v) is 8.65. The molecule has 3 amide bonds. The van der Waals surface area contributed by atoms with E-state index in [9.17, 15) is 19.2 Å². The van der Waals surface area contributed by atoms with E-state index < -0.39 is 23.7 Å². The second-order valence-electron chi connectivity index (χ2n) is 3.01. The maximum atomic E-state index is 11.3. The van der Waals surface area contributed by atoms with E-state index in [1.165, 1.54) is 0 Å². The Hall–Kier alpha value is -1.72. The summed E-state index contributed by atoms with van der Waals surface area (Å²) in [5, 5.41) is 8.32. The Bertz CT molecular complexity index is 283. The summed E-state index contributed by atoms with van der Waals surface area (Å²) in [6, 6.07) is 0. The van der Waals surface area contributed by atoms with Crippen LogP contribution in [-0.4, -0.2) is 33.7 Å². The van der Waals surface area contributed by atoms with Crippen molar-refractivity contribution >= 4 is 23.7 Å². The molecular weight excluding hydrogens is 202 g/mol. The number of aliphatic carboxylic acids is 1. The van der Waals surface area contributed by atoms with Crippen LogP contribution in [-0.2, 0) is 19.2 Å². The van der Waals surface area contributed by atoms with Gasteiger partial charge in [0.25, 0.3) is 0 Å². The molecule has 0 spiro atoms. The predicted molar refractivity (Wildman–Crippen MR) is 49.7 cm³/mol. The third kappa shape index (κ3) is 4.90. The lowest BCUT2D eigenvalue weighted by Crippen LogP contribution is -2.38. The molecule has 0 saturated heterocycles. The molecule has 0 bridgehead atoms. The molecular formula is C9H13NO5. The molecule has 0 radical (unpaired) electrons. The molecule has 0 rings (SSSR count). The van der Waals surface area contributed by atoms with Crippen LogP contribution in [0.2, 0.25) is 0 Å². The van der Waals surface area contributed by atoms with E-state index in [0.29, 0.717) is 4.90 Å². The number of carboxylic acids is 1. The number of carbonyl (C=O) groups excluding carboxylic acids is 3. The van der Waals surface area contributed by atoms with Gasteiger partial charge in [-0.25, -0.2) is 4.90 Å². The minimum Gasteiger partial charge on any atom is -0.481 e. The van der Waals surface area contributed by atoms with Crippen molar-refractivity contribution in [3.05, 3.63) is 0 Å². The van der Waals surface area contributed by atoms with Crippen LogP contribution in [0.3, 0.4) is 0 Å². The molecule has 15 heavy (non-hydrogen) atoms. The molecule has 84 valence electrons. The van der Waals surface area contributed by atoms with E-state index in [1.807, 2.05) is 0 Å². The smallest absolute Gasteiger partial charge is 0.303 e. The highest BCUT2D eigenvalue weighted by Crippen LogP contribution is 2.02. The fourth-order valence-corrected chi connectivity index (χ4v) is 1.08. The van der Waals surface area contributed by atoms with Gasteiger partial charge in [-0.15, -0.1) is 0 Å². The van der Waals surface area contributed by atoms with Gasteiger partial charge in [0, 0.05) is 26.7 Å². The van der Waals surface area contributed by atoms with E-state index in [2.05, 4.69) is 0 Å². The zero-order valence-electron chi connectivity index (χ0n) is 8.65. The number of carboxylic acid groups (broad SMARTS) is 1. The summed E-state index contributed by atoms with van der Waals surface area (Å²) in [6.45, 7) is 2.22. The fourth-order valence-electron chi connectivity index (χ4n) is 1.08. The van der Waals surface area contributed by atoms with Gasteiger partial charge in [-0.1, -0.05) is 0 Å². The lowest BCUT2D eigenvalue weighted by molar-refractivity contribution is -0.152. The number of hydrogen-bond donors (Lipinski definition) is 1. The molecule has 0 aromatic rings. The van der Waals surface area contributed by atoms with E-state index in [4.69, 9.17) is 5.11 Å². The molecule has 0 fully saturated rings. The lowest BCUT2D eigenvalue weighted by atomic mass is 10.2. The van der Waals surface area contributed by atoms with Crippen LogP contribution in [0.1, 0.15) is 33.1 Å². The first-order valence-corrected chi connectivity index (χ1v) is 4.42. The molecule has 6 heteroatoms. The number of imide groups is 3. The molecule has 0 aliphatic heterocycles. The van der Waals surface area contributed by atoms with Crippen molar-refractivity contribution < 1.29 is 24.3 Å². The SMILES string of the molecule is CC(=O)N(C(C)=O)C(=O)CCCC(=O)O. The highest BCUT2D eigenvalue weighted by molar-refractivity contribution is 6.09. The van der Waals surface area contributed by atoms with Gasteiger partial charge in [-0.05, 0) is 6.42 Å². The van der Waals surface area contributed by atoms with Crippen LogP contribution < -0.4 is 0 Å². The van der Waals surface area contributed by atoms with Crippen LogP contribution in [0.25, 0.3) is 0 Å². The first kappa shape index (κ1) is 13.3. The average molecular weight is 215 g/mol. The van der Waals surface area contributed by atoms with Gasteiger partial charge in [0.15, 0.2) is 0 Å². The number of amides is 3. The summed E-state index contributed by atoms with van der Waals surface area (Å²) in [5.41, 5.74) is 0. The summed E-state index contributed by atoms with van der Waals surface area (Å²) in [5.74, 6) is -2.97. The van der Waals surface area contributed by atoms with Crippen molar-refractivity contribution in [2.45, 2.75) is 33.1 Å².